The average molecular weight is 367 g/mol. The fourth-order valence-corrected chi connectivity index (χ4v) is 3.83. The topological polar surface area (TPSA) is 72.5 Å². The van der Waals surface area contributed by atoms with Gasteiger partial charge >= 0.3 is 0 Å². The molecule has 0 aliphatic carbocycles. The van der Waals surface area contributed by atoms with Gasteiger partial charge in [0.25, 0.3) is 5.56 Å². The summed E-state index contributed by atoms with van der Waals surface area (Å²) in [6.45, 7) is 6.69. The molecule has 7 heteroatoms. The zero-order valence-electron chi connectivity index (χ0n) is 15.6. The third-order valence-electron chi connectivity index (χ3n) is 5.41. The predicted octanol–water partition coefficient (Wildman–Crippen LogP) is 0.997. The minimum absolute atomic E-state index is 0.0400. The van der Waals surface area contributed by atoms with Crippen LogP contribution in [0.2, 0.25) is 0 Å². The van der Waals surface area contributed by atoms with Crippen molar-refractivity contribution in [3.63, 3.8) is 0 Å². The smallest absolute Gasteiger partial charge is 0.257 e. The molecular formula is C20H25N5O2. The van der Waals surface area contributed by atoms with Gasteiger partial charge in [-0.25, -0.2) is 4.98 Å². The molecule has 0 radical (unpaired) electrons. The molecule has 7 nitrogen and oxygen atoms in total. The van der Waals surface area contributed by atoms with Crippen LogP contribution >= 0.6 is 0 Å². The van der Waals surface area contributed by atoms with Crippen LogP contribution in [0.5, 0.6) is 0 Å². The van der Waals surface area contributed by atoms with E-state index < -0.39 is 0 Å². The molecule has 0 unspecified atom stereocenters. The maximum atomic E-state index is 12.7. The van der Waals surface area contributed by atoms with Crippen LogP contribution < -0.4 is 10.5 Å². The Bertz CT molecular complexity index is 872. The Kier molecular flexibility index (Phi) is 4.94. The van der Waals surface area contributed by atoms with Gasteiger partial charge in [-0.3, -0.25) is 19.5 Å². The molecule has 3 heterocycles. The van der Waals surface area contributed by atoms with Gasteiger partial charge < -0.3 is 9.80 Å². The van der Waals surface area contributed by atoms with Crippen molar-refractivity contribution < 1.29 is 4.79 Å². The van der Waals surface area contributed by atoms with Crippen LogP contribution in [-0.2, 0) is 24.3 Å². The number of anilines is 1. The van der Waals surface area contributed by atoms with Crippen LogP contribution in [0.4, 0.5) is 5.95 Å². The summed E-state index contributed by atoms with van der Waals surface area (Å²) in [5.74, 6) is 0.735. The summed E-state index contributed by atoms with van der Waals surface area (Å²) in [7, 11) is 0. The van der Waals surface area contributed by atoms with Crippen LogP contribution in [0.15, 0.2) is 35.1 Å². The first-order chi connectivity index (χ1) is 13.1. The fraction of sp³-hybridized carbons (Fsp3) is 0.450. The number of aromatic amines is 1. The van der Waals surface area contributed by atoms with E-state index in [0.717, 1.165) is 30.8 Å². The van der Waals surface area contributed by atoms with Gasteiger partial charge in [0.1, 0.15) is 0 Å². The summed E-state index contributed by atoms with van der Waals surface area (Å²) < 4.78 is 0. The molecule has 0 atom stereocenters. The number of amides is 1. The molecule has 4 rings (SSSR count). The number of rotatable bonds is 3. The van der Waals surface area contributed by atoms with E-state index in [0.29, 0.717) is 38.7 Å². The van der Waals surface area contributed by atoms with Gasteiger partial charge in [0.05, 0.1) is 11.3 Å². The molecule has 1 N–H and O–H groups in total. The van der Waals surface area contributed by atoms with E-state index in [1.165, 1.54) is 5.56 Å². The Morgan fingerprint density at radius 2 is 1.85 bits per heavy atom. The van der Waals surface area contributed by atoms with E-state index in [-0.39, 0.29) is 11.5 Å². The van der Waals surface area contributed by atoms with E-state index in [2.05, 4.69) is 26.9 Å². The van der Waals surface area contributed by atoms with E-state index in [9.17, 15) is 9.59 Å². The highest BCUT2D eigenvalue weighted by Gasteiger charge is 2.24. The maximum absolute atomic E-state index is 12.7. The van der Waals surface area contributed by atoms with Crippen LogP contribution in [0, 0.1) is 0 Å². The molecule has 1 aromatic heterocycles. The van der Waals surface area contributed by atoms with E-state index in [4.69, 9.17) is 4.98 Å². The van der Waals surface area contributed by atoms with Crippen molar-refractivity contribution >= 4 is 11.9 Å². The number of nitrogens with zero attached hydrogens (tertiary/aromatic N) is 4. The first-order valence-electron chi connectivity index (χ1n) is 9.49. The van der Waals surface area contributed by atoms with Gasteiger partial charge in [0.15, 0.2) is 0 Å². The Morgan fingerprint density at radius 1 is 1.11 bits per heavy atom. The SMILES string of the molecule is CC(=O)N1CCN(c2nc3c(c(=O)[nH]2)CN(Cc2ccccc2)CC3)CC1. The zero-order valence-corrected chi connectivity index (χ0v) is 15.6. The lowest BCUT2D eigenvalue weighted by Crippen LogP contribution is -2.49. The first-order valence-corrected chi connectivity index (χ1v) is 9.49. The Balaban J connectivity index is 1.47. The lowest BCUT2D eigenvalue weighted by Gasteiger charge is -2.35. The summed E-state index contributed by atoms with van der Waals surface area (Å²) >= 11 is 0. The number of benzene rings is 1. The predicted molar refractivity (Wildman–Crippen MR) is 104 cm³/mol. The lowest BCUT2D eigenvalue weighted by atomic mass is 10.1. The molecule has 0 bridgehead atoms. The minimum Gasteiger partial charge on any atom is -0.339 e. The molecular weight excluding hydrogens is 342 g/mol. The number of carbonyl (C=O) groups excluding carboxylic acids is 1. The number of nitrogens with one attached hydrogen (secondary N) is 1. The second-order valence-electron chi connectivity index (χ2n) is 7.25. The maximum Gasteiger partial charge on any atom is 0.257 e. The van der Waals surface area contributed by atoms with E-state index in [1.807, 2.05) is 23.1 Å². The summed E-state index contributed by atoms with van der Waals surface area (Å²) in [5.41, 5.74) is 2.91. The van der Waals surface area contributed by atoms with Crippen molar-refractivity contribution in [2.45, 2.75) is 26.4 Å². The highest BCUT2D eigenvalue weighted by molar-refractivity contribution is 5.73. The van der Waals surface area contributed by atoms with Gasteiger partial charge in [-0.1, -0.05) is 30.3 Å². The number of aromatic nitrogens is 2. The third kappa shape index (κ3) is 3.88. The molecule has 2 aliphatic rings. The molecule has 27 heavy (non-hydrogen) atoms. The molecule has 1 amide bonds. The summed E-state index contributed by atoms with van der Waals surface area (Å²) in [6, 6.07) is 10.3. The number of hydrogen-bond acceptors (Lipinski definition) is 5. The Morgan fingerprint density at radius 3 is 2.56 bits per heavy atom. The van der Waals surface area contributed by atoms with Gasteiger partial charge in [0, 0.05) is 59.2 Å². The van der Waals surface area contributed by atoms with Crippen LogP contribution in [0.3, 0.4) is 0 Å². The third-order valence-corrected chi connectivity index (χ3v) is 5.41. The van der Waals surface area contributed by atoms with Crippen LogP contribution in [0.1, 0.15) is 23.7 Å². The molecule has 1 aromatic carbocycles. The van der Waals surface area contributed by atoms with Crippen LogP contribution in [-0.4, -0.2) is 58.4 Å². The molecule has 2 aliphatic heterocycles. The van der Waals surface area contributed by atoms with Crippen molar-refractivity contribution in [1.29, 1.82) is 0 Å². The minimum atomic E-state index is -0.0400. The highest BCUT2D eigenvalue weighted by atomic mass is 16.2. The molecule has 142 valence electrons. The van der Waals surface area contributed by atoms with Gasteiger partial charge in [-0.2, -0.15) is 0 Å². The summed E-state index contributed by atoms with van der Waals surface area (Å²) in [4.78, 5) is 38.1. The summed E-state index contributed by atoms with van der Waals surface area (Å²) in [5, 5.41) is 0. The Hall–Kier alpha value is -2.67. The normalized spacial score (nSPS) is 17.7. The molecule has 1 saturated heterocycles. The van der Waals surface area contributed by atoms with Crippen molar-refractivity contribution in [2.75, 3.05) is 37.6 Å². The van der Waals surface area contributed by atoms with Gasteiger partial charge in [0.2, 0.25) is 11.9 Å². The van der Waals surface area contributed by atoms with E-state index in [1.54, 1.807) is 6.92 Å². The molecule has 1 fully saturated rings. The van der Waals surface area contributed by atoms with Crippen molar-refractivity contribution in [2.24, 2.45) is 0 Å². The number of fused-ring (bicyclic) bond motifs is 1. The highest BCUT2D eigenvalue weighted by Crippen LogP contribution is 2.19. The quantitative estimate of drug-likeness (QED) is 0.876. The standard InChI is InChI=1S/C20H25N5O2/c1-15(26)24-9-11-25(12-10-24)20-21-18-7-8-23(14-17(18)19(27)22-20)13-16-5-3-2-4-6-16/h2-6H,7-14H2,1H3,(H,21,22,27). The fourth-order valence-electron chi connectivity index (χ4n) is 3.83. The van der Waals surface area contributed by atoms with Crippen molar-refractivity contribution in [3.8, 4) is 0 Å². The average Bonchev–Trinajstić information content (AvgIpc) is 2.69. The number of H-pyrrole nitrogens is 1. The monoisotopic (exact) mass is 367 g/mol. The lowest BCUT2D eigenvalue weighted by molar-refractivity contribution is -0.129. The second-order valence-corrected chi connectivity index (χ2v) is 7.25. The van der Waals surface area contributed by atoms with E-state index >= 15 is 0 Å². The number of piperazine rings is 1. The number of hydrogen-bond donors (Lipinski definition) is 1. The van der Waals surface area contributed by atoms with Crippen molar-refractivity contribution in [3.05, 3.63) is 57.5 Å². The number of carbonyl (C=O) groups is 1. The Labute approximate surface area is 158 Å². The first kappa shape index (κ1) is 17.7. The zero-order chi connectivity index (χ0) is 18.8. The second kappa shape index (κ2) is 7.52. The molecule has 0 spiro atoms. The summed E-state index contributed by atoms with van der Waals surface area (Å²) in [6.07, 6.45) is 0.784. The molecule has 0 saturated carbocycles. The molecule has 2 aromatic rings. The van der Waals surface area contributed by atoms with Crippen LogP contribution in [0.25, 0.3) is 0 Å². The van der Waals surface area contributed by atoms with Crippen molar-refractivity contribution in [1.82, 2.24) is 19.8 Å². The van der Waals surface area contributed by atoms with Gasteiger partial charge in [-0.05, 0) is 5.56 Å². The largest absolute Gasteiger partial charge is 0.339 e. The van der Waals surface area contributed by atoms with Gasteiger partial charge in [-0.15, -0.1) is 0 Å².